The highest BCUT2D eigenvalue weighted by Crippen LogP contribution is 2.24. The number of piperidine rings is 2. The van der Waals surface area contributed by atoms with Gasteiger partial charge in [-0.1, -0.05) is 15.9 Å². The molecule has 0 aromatic heterocycles. The molecular weight excluding hydrogens is 375 g/mol. The molecule has 2 aliphatic heterocycles. The molecule has 2 saturated heterocycles. The predicted octanol–water partition coefficient (Wildman–Crippen LogP) is 3.45. The van der Waals surface area contributed by atoms with Gasteiger partial charge in [-0.2, -0.15) is 0 Å². The zero-order valence-electron chi connectivity index (χ0n) is 13.6. The van der Waals surface area contributed by atoms with Crippen molar-refractivity contribution in [3.05, 3.63) is 34.1 Å². The second kappa shape index (κ2) is 7.64. The number of benzene rings is 1. The Morgan fingerprint density at radius 3 is 2.33 bits per heavy atom. The van der Waals surface area contributed by atoms with Gasteiger partial charge in [0.2, 0.25) is 5.91 Å². The van der Waals surface area contributed by atoms with Gasteiger partial charge >= 0.3 is 0 Å². The fourth-order valence-electron chi connectivity index (χ4n) is 3.53. The lowest BCUT2D eigenvalue weighted by Gasteiger charge is -2.35. The van der Waals surface area contributed by atoms with Crippen molar-refractivity contribution < 1.29 is 14.0 Å². The molecule has 2 aliphatic rings. The first-order chi connectivity index (χ1) is 11.6. The van der Waals surface area contributed by atoms with Crippen molar-refractivity contribution >= 4 is 27.7 Å². The Morgan fingerprint density at radius 1 is 1.00 bits per heavy atom. The molecule has 1 aromatic rings. The fourth-order valence-corrected chi connectivity index (χ4v) is 3.89. The Bertz CT molecular complexity index is 623. The molecule has 2 fully saturated rings. The quantitative estimate of drug-likeness (QED) is 0.767. The second-order valence-corrected chi connectivity index (χ2v) is 7.49. The summed E-state index contributed by atoms with van der Waals surface area (Å²) in [5, 5.41) is 0. The summed E-state index contributed by atoms with van der Waals surface area (Å²) in [4.78, 5) is 28.7. The van der Waals surface area contributed by atoms with Gasteiger partial charge in [-0.15, -0.1) is 0 Å². The van der Waals surface area contributed by atoms with Crippen molar-refractivity contribution in [2.75, 3.05) is 26.2 Å². The van der Waals surface area contributed by atoms with Crippen LogP contribution in [0.25, 0.3) is 0 Å². The van der Waals surface area contributed by atoms with Gasteiger partial charge in [0.1, 0.15) is 5.82 Å². The van der Waals surface area contributed by atoms with Crippen molar-refractivity contribution in [3.63, 3.8) is 0 Å². The average Bonchev–Trinajstić information content (AvgIpc) is 2.63. The average molecular weight is 397 g/mol. The molecule has 0 radical (unpaired) electrons. The molecule has 0 atom stereocenters. The van der Waals surface area contributed by atoms with Crippen LogP contribution in [0.5, 0.6) is 0 Å². The van der Waals surface area contributed by atoms with Crippen LogP contribution in [0, 0.1) is 11.7 Å². The number of nitrogens with zero attached hydrogens (tertiary/aromatic N) is 2. The Balaban J connectivity index is 1.59. The smallest absolute Gasteiger partial charge is 0.256 e. The first kappa shape index (κ1) is 17.4. The van der Waals surface area contributed by atoms with Gasteiger partial charge in [0.05, 0.1) is 5.56 Å². The Labute approximate surface area is 150 Å². The summed E-state index contributed by atoms with van der Waals surface area (Å²) >= 11 is 3.27. The van der Waals surface area contributed by atoms with Crippen LogP contribution >= 0.6 is 15.9 Å². The summed E-state index contributed by atoms with van der Waals surface area (Å²) < 4.78 is 14.6. The molecule has 6 heteroatoms. The zero-order valence-corrected chi connectivity index (χ0v) is 15.2. The molecule has 1 aromatic carbocycles. The number of halogens is 2. The van der Waals surface area contributed by atoms with Gasteiger partial charge in [0.25, 0.3) is 5.91 Å². The highest BCUT2D eigenvalue weighted by Gasteiger charge is 2.31. The third kappa shape index (κ3) is 3.79. The zero-order chi connectivity index (χ0) is 17.1. The molecule has 0 unspecified atom stereocenters. The number of carbonyl (C=O) groups is 2. The molecule has 0 N–H and O–H groups in total. The molecule has 24 heavy (non-hydrogen) atoms. The predicted molar refractivity (Wildman–Crippen MR) is 93.2 cm³/mol. The summed E-state index contributed by atoms with van der Waals surface area (Å²) in [5.74, 6) is -0.567. The first-order valence-corrected chi connectivity index (χ1v) is 9.38. The van der Waals surface area contributed by atoms with Crippen LogP contribution in [-0.4, -0.2) is 47.8 Å². The summed E-state index contributed by atoms with van der Waals surface area (Å²) in [6.45, 7) is 2.74. The van der Waals surface area contributed by atoms with Crippen LogP contribution in [-0.2, 0) is 4.79 Å². The number of amides is 2. The topological polar surface area (TPSA) is 40.6 Å². The van der Waals surface area contributed by atoms with Gasteiger partial charge in [-0.25, -0.2) is 4.39 Å². The molecule has 4 nitrogen and oxygen atoms in total. The maximum absolute atomic E-state index is 13.9. The minimum Gasteiger partial charge on any atom is -0.342 e. The summed E-state index contributed by atoms with van der Waals surface area (Å²) in [7, 11) is 0. The minimum atomic E-state index is -0.505. The molecule has 0 aliphatic carbocycles. The van der Waals surface area contributed by atoms with E-state index in [1.807, 2.05) is 4.90 Å². The molecule has 2 amide bonds. The maximum atomic E-state index is 13.9. The van der Waals surface area contributed by atoms with E-state index in [1.165, 1.54) is 18.6 Å². The third-order valence-corrected chi connectivity index (χ3v) is 5.45. The van der Waals surface area contributed by atoms with E-state index in [4.69, 9.17) is 0 Å². The van der Waals surface area contributed by atoms with Crippen LogP contribution in [0.15, 0.2) is 22.7 Å². The monoisotopic (exact) mass is 396 g/mol. The Kier molecular flexibility index (Phi) is 5.54. The molecule has 0 saturated carbocycles. The Morgan fingerprint density at radius 2 is 1.67 bits per heavy atom. The highest BCUT2D eigenvalue weighted by atomic mass is 79.9. The number of likely N-dealkylation sites (tertiary alicyclic amines) is 2. The van der Waals surface area contributed by atoms with Crippen LogP contribution in [0.3, 0.4) is 0 Å². The van der Waals surface area contributed by atoms with E-state index in [-0.39, 0.29) is 23.3 Å². The fraction of sp³-hybridized carbons (Fsp3) is 0.556. The lowest BCUT2D eigenvalue weighted by molar-refractivity contribution is -0.137. The Hall–Kier alpha value is -1.43. The van der Waals surface area contributed by atoms with Crippen molar-refractivity contribution in [1.82, 2.24) is 9.80 Å². The van der Waals surface area contributed by atoms with Gasteiger partial charge in [0.15, 0.2) is 0 Å². The standard InChI is InChI=1S/C18H22BrFN2O2/c19-14-4-5-16(20)15(12-14)18(24)22-10-6-13(7-11-22)17(23)21-8-2-1-3-9-21/h4-5,12-13H,1-3,6-11H2. The van der Waals surface area contributed by atoms with Gasteiger partial charge in [-0.05, 0) is 50.3 Å². The van der Waals surface area contributed by atoms with Crippen molar-refractivity contribution in [1.29, 1.82) is 0 Å². The van der Waals surface area contributed by atoms with E-state index in [0.29, 0.717) is 30.4 Å². The van der Waals surface area contributed by atoms with Gasteiger partial charge < -0.3 is 9.80 Å². The van der Waals surface area contributed by atoms with E-state index in [0.717, 1.165) is 25.9 Å². The normalized spacial score (nSPS) is 19.4. The highest BCUT2D eigenvalue weighted by molar-refractivity contribution is 9.10. The van der Waals surface area contributed by atoms with Crippen LogP contribution < -0.4 is 0 Å². The van der Waals surface area contributed by atoms with E-state index in [2.05, 4.69) is 15.9 Å². The number of carbonyl (C=O) groups excluding carboxylic acids is 2. The van der Waals surface area contributed by atoms with Gasteiger partial charge in [0, 0.05) is 36.6 Å². The lowest BCUT2D eigenvalue weighted by atomic mass is 9.94. The van der Waals surface area contributed by atoms with Crippen molar-refractivity contribution in [3.8, 4) is 0 Å². The van der Waals surface area contributed by atoms with Crippen LogP contribution in [0.2, 0.25) is 0 Å². The molecule has 0 bridgehead atoms. The lowest BCUT2D eigenvalue weighted by Crippen LogP contribution is -2.45. The van der Waals surface area contributed by atoms with E-state index >= 15 is 0 Å². The van der Waals surface area contributed by atoms with Crippen molar-refractivity contribution in [2.24, 2.45) is 5.92 Å². The third-order valence-electron chi connectivity index (χ3n) is 4.96. The SMILES string of the molecule is O=C(c1cc(Br)ccc1F)N1CCC(C(=O)N2CCCCC2)CC1. The van der Waals surface area contributed by atoms with Crippen molar-refractivity contribution in [2.45, 2.75) is 32.1 Å². The molecular formula is C18H22BrFN2O2. The summed E-state index contributed by atoms with van der Waals surface area (Å²) in [5.41, 5.74) is 0.0881. The molecule has 0 spiro atoms. The largest absolute Gasteiger partial charge is 0.342 e. The number of hydrogen-bond acceptors (Lipinski definition) is 2. The van der Waals surface area contributed by atoms with E-state index < -0.39 is 5.82 Å². The molecule has 2 heterocycles. The molecule has 3 rings (SSSR count). The van der Waals surface area contributed by atoms with Gasteiger partial charge in [-0.3, -0.25) is 9.59 Å². The molecule has 130 valence electrons. The summed E-state index contributed by atoms with van der Waals surface area (Å²) in [6.07, 6.45) is 4.71. The summed E-state index contributed by atoms with van der Waals surface area (Å²) in [6, 6.07) is 4.39. The number of rotatable bonds is 2. The first-order valence-electron chi connectivity index (χ1n) is 8.59. The van der Waals surface area contributed by atoms with Crippen LogP contribution in [0.1, 0.15) is 42.5 Å². The minimum absolute atomic E-state index is 0.000457. The van der Waals surface area contributed by atoms with Crippen LogP contribution in [0.4, 0.5) is 4.39 Å². The maximum Gasteiger partial charge on any atom is 0.256 e. The van der Waals surface area contributed by atoms with E-state index in [1.54, 1.807) is 11.0 Å². The second-order valence-electron chi connectivity index (χ2n) is 6.58. The number of hydrogen-bond donors (Lipinski definition) is 0. The van der Waals surface area contributed by atoms with E-state index in [9.17, 15) is 14.0 Å².